The maximum atomic E-state index is 13.7. The number of nitrogens with one attached hydrogen (secondary N) is 4. The van der Waals surface area contributed by atoms with Crippen molar-refractivity contribution in [3.8, 4) is 0 Å². The second-order valence-corrected chi connectivity index (χ2v) is 11.5. The van der Waals surface area contributed by atoms with E-state index in [1.54, 1.807) is 14.0 Å². The Kier molecular flexibility index (Phi) is 11.5. The van der Waals surface area contributed by atoms with Gasteiger partial charge in [-0.05, 0) is 50.1 Å². The molecule has 2 aromatic carbocycles. The predicted octanol–water partition coefficient (Wildman–Crippen LogP) is -0.269. The van der Waals surface area contributed by atoms with Crippen molar-refractivity contribution in [2.24, 2.45) is 5.73 Å². The first-order valence-electron chi connectivity index (χ1n) is 13.6. The molecule has 0 spiro atoms. The van der Waals surface area contributed by atoms with Crippen molar-refractivity contribution in [3.63, 3.8) is 0 Å². The van der Waals surface area contributed by atoms with Gasteiger partial charge in [0, 0.05) is 26.1 Å². The first kappa shape index (κ1) is 32.6. The highest BCUT2D eigenvalue weighted by Crippen LogP contribution is 2.19. The van der Waals surface area contributed by atoms with Gasteiger partial charge in [0.1, 0.15) is 18.1 Å². The molecule has 0 radical (unpaired) electrons. The Labute approximate surface area is 244 Å². The molecule has 4 unspecified atom stereocenters. The average Bonchev–Trinajstić information content (AvgIpc) is 3.46. The Morgan fingerprint density at radius 1 is 1.00 bits per heavy atom. The third kappa shape index (κ3) is 9.06. The first-order chi connectivity index (χ1) is 19.9. The van der Waals surface area contributed by atoms with Crippen LogP contribution in [0.1, 0.15) is 30.9 Å². The quantitative estimate of drug-likeness (QED) is 0.183. The lowest BCUT2D eigenvalue weighted by Gasteiger charge is -2.30. The molecule has 1 aliphatic rings. The van der Waals surface area contributed by atoms with Gasteiger partial charge in [-0.25, -0.2) is 0 Å². The summed E-state index contributed by atoms with van der Waals surface area (Å²) in [5.74, 6) is -2.11. The summed E-state index contributed by atoms with van der Waals surface area (Å²) in [5.41, 5.74) is 7.00. The molecule has 4 amide bonds. The van der Waals surface area contributed by atoms with Crippen LogP contribution in [0.15, 0.2) is 59.5 Å². The van der Waals surface area contributed by atoms with Gasteiger partial charge in [0.2, 0.25) is 23.6 Å². The maximum absolute atomic E-state index is 13.7. The predicted molar refractivity (Wildman–Crippen MR) is 153 cm³/mol. The molecule has 1 aliphatic heterocycles. The highest BCUT2D eigenvalue weighted by Gasteiger charge is 2.38. The van der Waals surface area contributed by atoms with Gasteiger partial charge in [0.05, 0.1) is 10.9 Å². The lowest BCUT2D eigenvalue weighted by Crippen LogP contribution is -2.59. The second-order valence-electron chi connectivity index (χ2n) is 10.1. The molecule has 0 bridgehead atoms. The molecular weight excluding hydrogens is 567 g/mol. The number of amides is 4. The Morgan fingerprint density at radius 2 is 1.67 bits per heavy atom. The van der Waals surface area contributed by atoms with Crippen molar-refractivity contribution in [2.45, 2.75) is 61.8 Å². The van der Waals surface area contributed by atoms with Crippen LogP contribution in [0, 0.1) is 0 Å². The number of halogens is 1. The monoisotopic (exact) mass is 604 g/mol. The number of benzene rings is 2. The fourth-order valence-corrected chi connectivity index (χ4v) is 5.06. The number of likely N-dealkylation sites (N-methyl/N-ethyl adjacent to an activating group) is 1. The van der Waals surface area contributed by atoms with Crippen LogP contribution in [0.2, 0.25) is 0 Å². The molecule has 0 aliphatic carbocycles. The Balaban J connectivity index is 1.70. The fourth-order valence-electron chi connectivity index (χ4n) is 4.60. The van der Waals surface area contributed by atoms with Gasteiger partial charge in [-0.1, -0.05) is 42.5 Å². The smallest absolute Gasteiger partial charge is 0.332 e. The Morgan fingerprint density at radius 3 is 2.26 bits per heavy atom. The van der Waals surface area contributed by atoms with E-state index in [9.17, 15) is 31.5 Å². The molecule has 6 N–H and O–H groups in total. The number of carbonyl (C=O) groups is 4. The van der Waals surface area contributed by atoms with E-state index >= 15 is 0 Å². The lowest BCUT2D eigenvalue weighted by atomic mass is 10.0. The molecule has 0 saturated carbocycles. The minimum atomic E-state index is -4.82. The summed E-state index contributed by atoms with van der Waals surface area (Å²) in [6, 6.07) is 10.8. The van der Waals surface area contributed by atoms with Crippen molar-refractivity contribution >= 4 is 33.9 Å². The number of primary amides is 1. The molecule has 1 saturated heterocycles. The summed E-state index contributed by atoms with van der Waals surface area (Å²) in [5, 5.41) is 11.3. The number of nitrogens with two attached hydrogens (primary N) is 1. The summed E-state index contributed by atoms with van der Waals surface area (Å²) >= 11 is 0. The standard InChI is InChI=1S/C28H37FN6O6S/c1-18(31-2)26(37)34-23(17-32-16-20-10-12-21(13-11-20)42(29,40)41)28(39)35-14-6-9-24(35)27(38)33-22(25(30)36)15-19-7-4-3-5-8-19/h3-5,7-8,10-13,18,22-24,31-32H,6,9,14-17H2,1-2H3,(H2,30,36)(H,33,38)(H,34,37). The molecule has 12 nitrogen and oxygen atoms in total. The number of carbonyl (C=O) groups excluding carboxylic acids is 4. The van der Waals surface area contributed by atoms with Crippen molar-refractivity contribution in [1.29, 1.82) is 0 Å². The summed E-state index contributed by atoms with van der Waals surface area (Å²) in [4.78, 5) is 52.7. The van der Waals surface area contributed by atoms with Crippen LogP contribution in [0.3, 0.4) is 0 Å². The van der Waals surface area contributed by atoms with Crippen LogP contribution in [-0.2, 0) is 42.4 Å². The third-order valence-corrected chi connectivity index (χ3v) is 7.94. The van der Waals surface area contributed by atoms with Crippen LogP contribution >= 0.6 is 0 Å². The first-order valence-corrected chi connectivity index (χ1v) is 14.9. The number of nitrogens with zero attached hydrogens (tertiary/aromatic N) is 1. The van der Waals surface area contributed by atoms with Crippen LogP contribution < -0.4 is 27.0 Å². The second kappa shape index (κ2) is 14.8. The molecule has 1 fully saturated rings. The summed E-state index contributed by atoms with van der Waals surface area (Å²) < 4.78 is 35.3. The maximum Gasteiger partial charge on any atom is 0.332 e. The molecule has 3 rings (SSSR count). The van der Waals surface area contributed by atoms with E-state index in [0.29, 0.717) is 18.4 Å². The zero-order valence-corrected chi connectivity index (χ0v) is 24.3. The van der Waals surface area contributed by atoms with E-state index in [1.807, 2.05) is 30.3 Å². The van der Waals surface area contributed by atoms with Gasteiger partial charge in [-0.3, -0.25) is 19.2 Å². The number of rotatable bonds is 14. The Bertz CT molecular complexity index is 1360. The van der Waals surface area contributed by atoms with E-state index in [-0.39, 0.29) is 26.1 Å². The minimum absolute atomic E-state index is 0.00702. The summed E-state index contributed by atoms with van der Waals surface area (Å²) in [7, 11) is -3.22. The van der Waals surface area contributed by atoms with Crippen molar-refractivity contribution in [3.05, 3.63) is 65.7 Å². The van der Waals surface area contributed by atoms with E-state index in [2.05, 4.69) is 21.3 Å². The van der Waals surface area contributed by atoms with Crippen molar-refractivity contribution in [2.75, 3.05) is 20.1 Å². The van der Waals surface area contributed by atoms with E-state index in [0.717, 1.165) is 17.7 Å². The molecule has 2 aromatic rings. The van der Waals surface area contributed by atoms with E-state index in [1.165, 1.54) is 17.0 Å². The van der Waals surface area contributed by atoms with Gasteiger partial charge >= 0.3 is 10.2 Å². The number of hydrogen-bond donors (Lipinski definition) is 5. The topological polar surface area (TPSA) is 180 Å². The molecule has 42 heavy (non-hydrogen) atoms. The lowest BCUT2D eigenvalue weighted by molar-refractivity contribution is -0.142. The minimum Gasteiger partial charge on any atom is -0.368 e. The van der Waals surface area contributed by atoms with Crippen LogP contribution in [0.4, 0.5) is 3.89 Å². The third-order valence-electron chi connectivity index (χ3n) is 7.10. The van der Waals surface area contributed by atoms with Crippen LogP contribution in [0.5, 0.6) is 0 Å². The van der Waals surface area contributed by atoms with Gasteiger partial charge in [-0.15, -0.1) is 3.89 Å². The highest BCUT2D eigenvalue weighted by atomic mass is 32.3. The molecule has 1 heterocycles. The van der Waals surface area contributed by atoms with Gasteiger partial charge < -0.3 is 31.9 Å². The zero-order valence-electron chi connectivity index (χ0n) is 23.5. The van der Waals surface area contributed by atoms with Crippen molar-refractivity contribution < 1.29 is 31.5 Å². The zero-order chi connectivity index (χ0) is 30.9. The molecular formula is C28H37FN6O6S. The van der Waals surface area contributed by atoms with Gasteiger partial charge in [0.25, 0.3) is 0 Å². The average molecular weight is 605 g/mol. The van der Waals surface area contributed by atoms with E-state index < -0.39 is 62.9 Å². The van der Waals surface area contributed by atoms with E-state index in [4.69, 9.17) is 5.73 Å². The van der Waals surface area contributed by atoms with Crippen LogP contribution in [0.25, 0.3) is 0 Å². The summed E-state index contributed by atoms with van der Waals surface area (Å²) in [6.45, 7) is 2.10. The molecule has 228 valence electrons. The van der Waals surface area contributed by atoms with Crippen molar-refractivity contribution in [1.82, 2.24) is 26.2 Å². The molecule has 4 atom stereocenters. The highest BCUT2D eigenvalue weighted by molar-refractivity contribution is 7.86. The number of hydrogen-bond acceptors (Lipinski definition) is 8. The largest absolute Gasteiger partial charge is 0.368 e. The van der Waals surface area contributed by atoms with Crippen LogP contribution in [-0.4, -0.2) is 81.3 Å². The normalized spacial score (nSPS) is 17.2. The van der Waals surface area contributed by atoms with Gasteiger partial charge in [-0.2, -0.15) is 8.42 Å². The summed E-state index contributed by atoms with van der Waals surface area (Å²) in [6.07, 6.45) is 1.12. The molecule has 0 aromatic heterocycles. The SMILES string of the molecule is CNC(C)C(=O)NC(CNCc1ccc(S(=O)(=O)F)cc1)C(=O)N1CCCC1C(=O)NC(Cc1ccccc1)C(N)=O. The van der Waals surface area contributed by atoms with Gasteiger partial charge in [0.15, 0.2) is 0 Å². The molecule has 14 heteroatoms. The Hall–Kier alpha value is -3.88. The number of likely N-dealkylation sites (tertiary alicyclic amines) is 1. The fraction of sp³-hybridized carbons (Fsp3) is 0.429.